The maximum absolute atomic E-state index is 13.6. The average Bonchev–Trinajstić information content (AvgIpc) is 2.79. The lowest BCUT2D eigenvalue weighted by Crippen LogP contribution is -2.15. The van der Waals surface area contributed by atoms with Crippen molar-refractivity contribution in [3.8, 4) is 11.3 Å². The van der Waals surface area contributed by atoms with Crippen molar-refractivity contribution in [1.82, 2.24) is 4.98 Å². The molecule has 2 aromatic carbocycles. The van der Waals surface area contributed by atoms with Gasteiger partial charge >= 0.3 is 7.60 Å². The van der Waals surface area contributed by atoms with Crippen LogP contribution in [-0.2, 0) is 13.6 Å². The molecular weight excluding hydrogens is 417 g/mol. The summed E-state index contributed by atoms with van der Waals surface area (Å²) in [6.07, 6.45) is 1.72. The fourth-order valence-electron chi connectivity index (χ4n) is 3.13. The average molecular weight is 441 g/mol. The number of nitrogens with one attached hydrogen (secondary N) is 1. The summed E-state index contributed by atoms with van der Waals surface area (Å²) in [6, 6.07) is 19.1. The summed E-state index contributed by atoms with van der Waals surface area (Å²) >= 11 is 0. The molecule has 0 fully saturated rings. The minimum Gasteiger partial charge on any atom is -0.368 e. The Morgan fingerprint density at radius 3 is 2.32 bits per heavy atom. The summed E-state index contributed by atoms with van der Waals surface area (Å²) in [5.74, 6) is -0.854. The third-order valence-corrected chi connectivity index (χ3v) is 6.78. The summed E-state index contributed by atoms with van der Waals surface area (Å²) in [5.41, 5.74) is 2.75. The zero-order valence-electron chi connectivity index (χ0n) is 17.3. The molecule has 3 rings (SSSR count). The molecule has 1 aromatic heterocycles. The van der Waals surface area contributed by atoms with E-state index in [-0.39, 0.29) is 18.9 Å². The number of anilines is 1. The summed E-state index contributed by atoms with van der Waals surface area (Å²) in [7, 11) is -3.64. The first-order valence-corrected chi connectivity index (χ1v) is 11.5. The summed E-state index contributed by atoms with van der Waals surface area (Å²) in [5, 5.41) is 14.3. The monoisotopic (exact) mass is 441 g/mol. The second-order valence-electron chi connectivity index (χ2n) is 6.57. The predicted molar refractivity (Wildman–Crippen MR) is 120 cm³/mol. The van der Waals surface area contributed by atoms with Crippen LogP contribution in [0.4, 0.5) is 11.4 Å². The number of nitro groups is 1. The maximum Gasteiger partial charge on any atom is 0.357 e. The quantitative estimate of drug-likeness (QED) is 0.233. The van der Waals surface area contributed by atoms with Crippen LogP contribution in [0, 0.1) is 10.1 Å². The Labute approximate surface area is 180 Å². The van der Waals surface area contributed by atoms with Crippen LogP contribution in [0.3, 0.4) is 0 Å². The number of nitro benzene ring substituents is 1. The number of nitrogens with zero attached hydrogens (tertiary/aromatic N) is 2. The highest BCUT2D eigenvalue weighted by Crippen LogP contribution is 2.60. The van der Waals surface area contributed by atoms with E-state index in [1.807, 2.05) is 42.5 Å². The number of hydrogen-bond donors (Lipinski definition) is 1. The van der Waals surface area contributed by atoms with Crippen LogP contribution in [0.25, 0.3) is 11.3 Å². The molecule has 0 aliphatic carbocycles. The lowest BCUT2D eigenvalue weighted by molar-refractivity contribution is -0.384. The number of pyridine rings is 1. The number of aromatic nitrogens is 1. The minimum absolute atomic E-state index is 0.0723. The predicted octanol–water partition coefficient (Wildman–Crippen LogP) is 6.03. The van der Waals surface area contributed by atoms with Crippen LogP contribution in [0.2, 0.25) is 0 Å². The van der Waals surface area contributed by atoms with Gasteiger partial charge in [-0.15, -0.1) is 0 Å². The molecule has 31 heavy (non-hydrogen) atoms. The van der Waals surface area contributed by atoms with Crippen molar-refractivity contribution in [3.05, 3.63) is 88.6 Å². The van der Waals surface area contributed by atoms with Crippen LogP contribution in [0.1, 0.15) is 25.2 Å². The molecule has 162 valence electrons. The Kier molecular flexibility index (Phi) is 7.52. The maximum atomic E-state index is 13.6. The standard InChI is InChI=1S/C22H24N3O5P/c1-3-29-31(28,30-4-2)22(24-19-8-7-9-20(16-19)25(26)27)18-13-11-17(12-14-18)21-10-5-6-15-23-21/h5-16,22,24H,3-4H2,1-2H3. The number of non-ortho nitro benzene ring substituents is 1. The smallest absolute Gasteiger partial charge is 0.357 e. The molecule has 1 unspecified atom stereocenters. The molecular formula is C22H24N3O5P. The van der Waals surface area contributed by atoms with Crippen molar-refractivity contribution in [3.63, 3.8) is 0 Å². The Morgan fingerprint density at radius 2 is 1.74 bits per heavy atom. The highest BCUT2D eigenvalue weighted by molar-refractivity contribution is 7.54. The molecule has 9 heteroatoms. The van der Waals surface area contributed by atoms with Crippen LogP contribution in [0.15, 0.2) is 72.9 Å². The molecule has 1 heterocycles. The second-order valence-corrected chi connectivity index (χ2v) is 8.68. The third-order valence-electron chi connectivity index (χ3n) is 4.48. The van der Waals surface area contributed by atoms with E-state index in [9.17, 15) is 14.7 Å². The van der Waals surface area contributed by atoms with Gasteiger partial charge in [0.05, 0.1) is 23.8 Å². The van der Waals surface area contributed by atoms with Crippen LogP contribution in [0.5, 0.6) is 0 Å². The topological polar surface area (TPSA) is 104 Å². The first-order chi connectivity index (χ1) is 15.0. The molecule has 0 bridgehead atoms. The van der Waals surface area contributed by atoms with Gasteiger partial charge in [0, 0.05) is 29.6 Å². The van der Waals surface area contributed by atoms with Gasteiger partial charge < -0.3 is 14.4 Å². The molecule has 0 amide bonds. The van der Waals surface area contributed by atoms with Crippen molar-refractivity contribution in [2.75, 3.05) is 18.5 Å². The van der Waals surface area contributed by atoms with E-state index in [2.05, 4.69) is 10.3 Å². The van der Waals surface area contributed by atoms with Gasteiger partial charge in [-0.2, -0.15) is 0 Å². The van der Waals surface area contributed by atoms with Crippen molar-refractivity contribution in [2.45, 2.75) is 19.6 Å². The van der Waals surface area contributed by atoms with Gasteiger partial charge in [-0.25, -0.2) is 0 Å². The summed E-state index contributed by atoms with van der Waals surface area (Å²) in [4.78, 5) is 15.0. The van der Waals surface area contributed by atoms with Crippen molar-refractivity contribution >= 4 is 19.0 Å². The lowest BCUT2D eigenvalue weighted by atomic mass is 10.1. The van der Waals surface area contributed by atoms with Crippen molar-refractivity contribution in [1.29, 1.82) is 0 Å². The van der Waals surface area contributed by atoms with E-state index in [0.29, 0.717) is 11.3 Å². The first-order valence-electron chi connectivity index (χ1n) is 9.88. The lowest BCUT2D eigenvalue weighted by Gasteiger charge is -2.28. The second kappa shape index (κ2) is 10.3. The van der Waals surface area contributed by atoms with E-state index in [1.54, 1.807) is 32.2 Å². The largest absolute Gasteiger partial charge is 0.368 e. The molecule has 8 nitrogen and oxygen atoms in total. The van der Waals surface area contributed by atoms with E-state index >= 15 is 0 Å². The molecule has 0 radical (unpaired) electrons. The molecule has 0 saturated heterocycles. The molecule has 0 spiro atoms. The third kappa shape index (κ3) is 5.55. The van der Waals surface area contributed by atoms with Gasteiger partial charge in [0.25, 0.3) is 5.69 Å². The number of hydrogen-bond acceptors (Lipinski definition) is 7. The van der Waals surface area contributed by atoms with Crippen molar-refractivity contribution < 1.29 is 18.5 Å². The minimum atomic E-state index is -3.64. The van der Waals surface area contributed by atoms with Crippen LogP contribution >= 0.6 is 7.60 Å². The summed E-state index contributed by atoms with van der Waals surface area (Å²) in [6.45, 7) is 3.85. The van der Waals surface area contributed by atoms with Gasteiger partial charge in [-0.3, -0.25) is 19.7 Å². The highest BCUT2D eigenvalue weighted by atomic mass is 31.2. The normalized spacial score (nSPS) is 12.3. The molecule has 0 saturated carbocycles. The van der Waals surface area contributed by atoms with Crippen LogP contribution < -0.4 is 5.32 Å². The number of benzene rings is 2. The van der Waals surface area contributed by atoms with Crippen molar-refractivity contribution in [2.24, 2.45) is 0 Å². The van der Waals surface area contributed by atoms with E-state index in [4.69, 9.17) is 9.05 Å². The molecule has 0 aliphatic heterocycles. The highest BCUT2D eigenvalue weighted by Gasteiger charge is 2.37. The van der Waals surface area contributed by atoms with Gasteiger partial charge in [-0.05, 0) is 37.6 Å². The fourth-order valence-corrected chi connectivity index (χ4v) is 5.06. The van der Waals surface area contributed by atoms with Gasteiger partial charge in [-0.1, -0.05) is 36.4 Å². The van der Waals surface area contributed by atoms with Crippen LogP contribution in [-0.4, -0.2) is 23.1 Å². The Morgan fingerprint density at radius 1 is 1.03 bits per heavy atom. The fraction of sp³-hybridized carbons (Fsp3) is 0.227. The van der Waals surface area contributed by atoms with E-state index in [0.717, 1.165) is 11.3 Å². The first kappa shape index (κ1) is 22.6. The Balaban J connectivity index is 2.00. The molecule has 1 N–H and O–H groups in total. The zero-order valence-corrected chi connectivity index (χ0v) is 18.2. The Hall–Kier alpha value is -3.06. The number of rotatable bonds is 10. The van der Waals surface area contributed by atoms with E-state index < -0.39 is 18.3 Å². The van der Waals surface area contributed by atoms with Gasteiger partial charge in [0.2, 0.25) is 0 Å². The SMILES string of the molecule is CCOP(=O)(OCC)C(Nc1cccc([N+](=O)[O-])c1)c1ccc(-c2ccccn2)cc1. The van der Waals surface area contributed by atoms with Gasteiger partial charge in [0.15, 0.2) is 5.78 Å². The van der Waals surface area contributed by atoms with Gasteiger partial charge in [0.1, 0.15) is 0 Å². The Bertz CT molecular complexity index is 1050. The molecule has 3 aromatic rings. The molecule has 0 aliphatic rings. The van der Waals surface area contributed by atoms with E-state index in [1.165, 1.54) is 12.1 Å². The zero-order chi connectivity index (χ0) is 22.3. The molecule has 1 atom stereocenters. The summed E-state index contributed by atoms with van der Waals surface area (Å²) < 4.78 is 24.8.